The second-order valence-corrected chi connectivity index (χ2v) is 6.79. The number of rotatable bonds is 7. The summed E-state index contributed by atoms with van der Waals surface area (Å²) in [5.41, 5.74) is 5.82. The summed E-state index contributed by atoms with van der Waals surface area (Å²) in [5.74, 6) is 0.141. The summed E-state index contributed by atoms with van der Waals surface area (Å²) in [6.45, 7) is 3.20. The maximum absolute atomic E-state index is 12.5. The van der Waals surface area contributed by atoms with E-state index in [1.165, 1.54) is 32.1 Å². The first-order valence-electron chi connectivity index (χ1n) is 8.69. The lowest BCUT2D eigenvalue weighted by Crippen LogP contribution is -2.65. The topological polar surface area (TPSA) is 64.8 Å². The van der Waals surface area contributed by atoms with Crippen molar-refractivity contribution in [3.8, 4) is 0 Å². The fraction of sp³-hybridized carbons (Fsp3) is 0.941. The first kappa shape index (κ1) is 17.7. The van der Waals surface area contributed by atoms with Gasteiger partial charge in [0.1, 0.15) is 0 Å². The van der Waals surface area contributed by atoms with E-state index in [1.807, 2.05) is 11.9 Å². The molecule has 5 heteroatoms. The molecule has 0 saturated heterocycles. The average Bonchev–Trinajstić information content (AvgIpc) is 2.56. The van der Waals surface area contributed by atoms with E-state index in [2.05, 4.69) is 6.92 Å². The van der Waals surface area contributed by atoms with Gasteiger partial charge in [-0.1, -0.05) is 19.3 Å². The highest BCUT2D eigenvalue weighted by atomic mass is 16.5. The van der Waals surface area contributed by atoms with Crippen molar-refractivity contribution in [1.82, 2.24) is 4.90 Å². The Bertz CT molecular complexity index is 365. The lowest BCUT2D eigenvalue weighted by atomic mass is 9.54. The predicted molar refractivity (Wildman–Crippen MR) is 86.6 cm³/mol. The Hall–Kier alpha value is -0.650. The summed E-state index contributed by atoms with van der Waals surface area (Å²) in [6.07, 6.45) is 7.67. The van der Waals surface area contributed by atoms with Crippen LogP contribution in [0.5, 0.6) is 0 Å². The van der Waals surface area contributed by atoms with Crippen molar-refractivity contribution in [3.63, 3.8) is 0 Å². The van der Waals surface area contributed by atoms with E-state index < -0.39 is 0 Å². The van der Waals surface area contributed by atoms with E-state index in [0.29, 0.717) is 25.1 Å². The standard InChI is InChI=1S/C17H32N2O3/c1-4-22-15-11-14(17(15)8-6-5-7-9-17)19(2)16(20)10-13(12-18)21-3/h13-15H,4-12,18H2,1-3H3. The first-order chi connectivity index (χ1) is 10.6. The largest absolute Gasteiger partial charge is 0.380 e. The van der Waals surface area contributed by atoms with Gasteiger partial charge in [0.2, 0.25) is 5.91 Å². The number of amides is 1. The van der Waals surface area contributed by atoms with E-state index >= 15 is 0 Å². The molecular weight excluding hydrogens is 280 g/mol. The van der Waals surface area contributed by atoms with Crippen molar-refractivity contribution in [1.29, 1.82) is 0 Å². The van der Waals surface area contributed by atoms with E-state index in [0.717, 1.165) is 13.0 Å². The molecule has 0 aromatic carbocycles. The summed E-state index contributed by atoms with van der Waals surface area (Å²) >= 11 is 0. The molecule has 0 bridgehead atoms. The van der Waals surface area contributed by atoms with Crippen LogP contribution in [0, 0.1) is 5.41 Å². The second kappa shape index (κ2) is 7.75. The molecule has 0 radical (unpaired) electrons. The van der Waals surface area contributed by atoms with Gasteiger partial charge in [-0.3, -0.25) is 4.79 Å². The molecule has 0 heterocycles. The number of hydrogen-bond acceptors (Lipinski definition) is 4. The highest BCUT2D eigenvalue weighted by Gasteiger charge is 2.57. The van der Waals surface area contributed by atoms with Crippen LogP contribution in [0.3, 0.4) is 0 Å². The Balaban J connectivity index is 2.02. The van der Waals surface area contributed by atoms with Gasteiger partial charge in [-0.25, -0.2) is 0 Å². The maximum Gasteiger partial charge on any atom is 0.225 e. The molecule has 2 aliphatic carbocycles. The normalized spacial score (nSPS) is 28.2. The third-order valence-corrected chi connectivity index (χ3v) is 5.75. The molecule has 2 rings (SSSR count). The Morgan fingerprint density at radius 3 is 2.59 bits per heavy atom. The maximum atomic E-state index is 12.5. The molecule has 2 N–H and O–H groups in total. The molecule has 2 saturated carbocycles. The SMILES string of the molecule is CCOC1CC(N(C)C(=O)CC(CN)OC)C12CCCCC2. The van der Waals surface area contributed by atoms with E-state index in [1.54, 1.807) is 7.11 Å². The molecule has 5 nitrogen and oxygen atoms in total. The fourth-order valence-electron chi connectivity index (χ4n) is 4.35. The molecule has 3 atom stereocenters. The number of carbonyl (C=O) groups excluding carboxylic acids is 1. The number of nitrogens with two attached hydrogens (primary N) is 1. The van der Waals surface area contributed by atoms with Crippen molar-refractivity contribution in [2.45, 2.75) is 70.1 Å². The van der Waals surface area contributed by atoms with Gasteiger partial charge < -0.3 is 20.1 Å². The Morgan fingerprint density at radius 1 is 1.36 bits per heavy atom. The smallest absolute Gasteiger partial charge is 0.225 e. The van der Waals surface area contributed by atoms with Crippen LogP contribution in [0.25, 0.3) is 0 Å². The summed E-state index contributed by atoms with van der Waals surface area (Å²) < 4.78 is 11.2. The van der Waals surface area contributed by atoms with Gasteiger partial charge in [0.15, 0.2) is 0 Å². The monoisotopic (exact) mass is 312 g/mol. The Morgan fingerprint density at radius 2 is 2.05 bits per heavy atom. The first-order valence-corrected chi connectivity index (χ1v) is 8.69. The van der Waals surface area contributed by atoms with Gasteiger partial charge in [0.25, 0.3) is 0 Å². The van der Waals surface area contributed by atoms with E-state index in [-0.39, 0.29) is 17.4 Å². The van der Waals surface area contributed by atoms with Gasteiger partial charge in [-0.15, -0.1) is 0 Å². The molecule has 2 aliphatic rings. The van der Waals surface area contributed by atoms with Crippen molar-refractivity contribution in [2.75, 3.05) is 27.3 Å². The zero-order chi connectivity index (χ0) is 16.2. The minimum Gasteiger partial charge on any atom is -0.380 e. The van der Waals surface area contributed by atoms with Crippen LogP contribution in [0.4, 0.5) is 0 Å². The van der Waals surface area contributed by atoms with Gasteiger partial charge >= 0.3 is 0 Å². The number of nitrogens with zero attached hydrogens (tertiary/aromatic N) is 1. The minimum absolute atomic E-state index is 0.141. The highest BCUT2D eigenvalue weighted by molar-refractivity contribution is 5.77. The van der Waals surface area contributed by atoms with Crippen molar-refractivity contribution in [2.24, 2.45) is 11.1 Å². The van der Waals surface area contributed by atoms with Crippen LogP contribution in [0.1, 0.15) is 51.9 Å². The van der Waals surface area contributed by atoms with Gasteiger partial charge in [-0.2, -0.15) is 0 Å². The Labute approximate surface area is 134 Å². The van der Waals surface area contributed by atoms with Crippen molar-refractivity contribution < 1.29 is 14.3 Å². The molecule has 2 fully saturated rings. The van der Waals surface area contributed by atoms with Crippen LogP contribution >= 0.6 is 0 Å². The zero-order valence-electron chi connectivity index (χ0n) is 14.3. The minimum atomic E-state index is -0.181. The fourth-order valence-corrected chi connectivity index (χ4v) is 4.35. The van der Waals surface area contributed by atoms with Crippen LogP contribution in [0.15, 0.2) is 0 Å². The quantitative estimate of drug-likeness (QED) is 0.780. The van der Waals surface area contributed by atoms with Gasteiger partial charge in [0, 0.05) is 38.8 Å². The number of methoxy groups -OCH3 is 1. The predicted octanol–water partition coefficient (Wildman–Crippen LogP) is 1.94. The van der Waals surface area contributed by atoms with E-state index in [4.69, 9.17) is 15.2 Å². The molecular formula is C17H32N2O3. The summed E-state index contributed by atoms with van der Waals surface area (Å²) in [6, 6.07) is 0.312. The summed E-state index contributed by atoms with van der Waals surface area (Å²) in [5, 5.41) is 0. The molecule has 0 aliphatic heterocycles. The molecule has 128 valence electrons. The lowest BCUT2D eigenvalue weighted by Gasteiger charge is -2.60. The number of carbonyl (C=O) groups is 1. The van der Waals surface area contributed by atoms with Crippen LogP contribution in [-0.4, -0.2) is 56.4 Å². The summed E-state index contributed by atoms with van der Waals surface area (Å²) in [7, 11) is 3.55. The van der Waals surface area contributed by atoms with Gasteiger partial charge in [0.05, 0.1) is 18.6 Å². The van der Waals surface area contributed by atoms with E-state index in [9.17, 15) is 4.79 Å². The molecule has 1 amide bonds. The van der Waals surface area contributed by atoms with Crippen LogP contribution in [-0.2, 0) is 14.3 Å². The van der Waals surface area contributed by atoms with Crippen LogP contribution in [0.2, 0.25) is 0 Å². The van der Waals surface area contributed by atoms with Crippen molar-refractivity contribution in [3.05, 3.63) is 0 Å². The highest BCUT2D eigenvalue weighted by Crippen LogP contribution is 2.55. The summed E-state index contributed by atoms with van der Waals surface area (Å²) in [4.78, 5) is 14.5. The molecule has 22 heavy (non-hydrogen) atoms. The van der Waals surface area contributed by atoms with Crippen LogP contribution < -0.4 is 5.73 Å². The molecule has 1 spiro atoms. The number of ether oxygens (including phenoxy) is 2. The third-order valence-electron chi connectivity index (χ3n) is 5.75. The lowest BCUT2D eigenvalue weighted by molar-refractivity contribution is -0.185. The molecule has 0 aromatic rings. The van der Waals surface area contributed by atoms with Gasteiger partial charge in [-0.05, 0) is 26.2 Å². The number of hydrogen-bond donors (Lipinski definition) is 1. The molecule has 3 unspecified atom stereocenters. The third kappa shape index (κ3) is 3.31. The Kier molecular flexibility index (Phi) is 6.24. The molecule has 0 aromatic heterocycles. The zero-order valence-corrected chi connectivity index (χ0v) is 14.3. The van der Waals surface area contributed by atoms with Crippen molar-refractivity contribution >= 4 is 5.91 Å². The average molecular weight is 312 g/mol. The second-order valence-electron chi connectivity index (χ2n) is 6.79.